The van der Waals surface area contributed by atoms with Crippen LogP contribution in [0.2, 0.25) is 0 Å². The molecule has 0 radical (unpaired) electrons. The largest absolute Gasteiger partial charge is 0.456 e. The standard InChI is InChI=1S/C48H30O/c1-2-10-31(11-3-1)32-18-20-33(21-19-32)34-22-24-35(25-23-34)47-39-14-6-8-16-41(39)48(42-17-9-7-15-40(42)47)38-26-27-45-43(29-38)44-28-36-12-4-5-13-37(36)30-46(44)49-45/h1-30H/i1D,2D,3D,4D,5D,6D,7D,8D,9D,10D,11D,12D,13D,14D,16D,17D,18D,19D,20D,21D,22D,23D,24D,25D,26D,27D,28D,29D,30D. The molecular formula is C48H30O. The molecule has 0 aliphatic rings. The highest BCUT2D eigenvalue weighted by Crippen LogP contribution is 2.45. The van der Waals surface area contributed by atoms with Crippen molar-refractivity contribution in [2.75, 3.05) is 0 Å². The molecule has 0 unspecified atom stereocenters. The summed E-state index contributed by atoms with van der Waals surface area (Å²) < 4.78 is 265. The molecule has 0 fully saturated rings. The van der Waals surface area contributed by atoms with E-state index in [4.69, 9.17) is 29.1 Å². The maximum atomic E-state index is 9.81. The van der Waals surface area contributed by atoms with Gasteiger partial charge in [0.25, 0.3) is 0 Å². The van der Waals surface area contributed by atoms with Crippen LogP contribution in [0.4, 0.5) is 0 Å². The lowest BCUT2D eigenvalue weighted by atomic mass is 9.85. The fourth-order valence-corrected chi connectivity index (χ4v) is 5.68. The Morgan fingerprint density at radius 1 is 0.306 bits per heavy atom. The van der Waals surface area contributed by atoms with Crippen LogP contribution in [0.3, 0.4) is 0 Å². The molecule has 1 heterocycles. The molecule has 0 saturated carbocycles. The lowest BCUT2D eigenvalue weighted by molar-refractivity contribution is 0.669. The molecule has 9 aromatic carbocycles. The SMILES string of the molecule is [2H]c1cc2c(-c3c([2H])c([2H])c(-c4c([2H])c([2H])c(-c5c([2H])c([2H])c([2H])c([2H])c5[2H])c([2H])c4[2H])c([2H])c3[2H])c3c([2H])c([2H])c([2H])c([2H])c3c(-c3c([2H])c([2H])c4oc5c([2H])c6c([2H])c([2H])c([2H])c([2H])c6c([2H])c5c4c3[2H])c2c([2H])c1[2H]. The van der Waals surface area contributed by atoms with Crippen LogP contribution in [0.1, 0.15) is 39.8 Å². The molecule has 0 bridgehead atoms. The molecule has 10 rings (SSSR count). The third-order valence-electron chi connectivity index (χ3n) is 7.84. The number of benzene rings is 9. The van der Waals surface area contributed by atoms with Crippen molar-refractivity contribution in [1.29, 1.82) is 0 Å². The van der Waals surface area contributed by atoms with Gasteiger partial charge in [-0.25, -0.2) is 0 Å². The maximum absolute atomic E-state index is 9.81. The van der Waals surface area contributed by atoms with Gasteiger partial charge in [0.2, 0.25) is 0 Å². The predicted octanol–water partition coefficient (Wildman–Crippen LogP) is 13.7. The van der Waals surface area contributed by atoms with Crippen molar-refractivity contribution in [2.45, 2.75) is 0 Å². The first-order valence-electron chi connectivity index (χ1n) is 29.0. The summed E-state index contributed by atoms with van der Waals surface area (Å²) in [5, 5.41) is -4.26. The predicted molar refractivity (Wildman–Crippen MR) is 208 cm³/mol. The number of furan rings is 1. The summed E-state index contributed by atoms with van der Waals surface area (Å²) in [6.07, 6.45) is 0. The second kappa shape index (κ2) is 11.1. The van der Waals surface area contributed by atoms with Gasteiger partial charge in [-0.2, -0.15) is 0 Å². The summed E-state index contributed by atoms with van der Waals surface area (Å²) in [5.74, 6) is 0. The zero-order valence-electron chi connectivity index (χ0n) is 53.5. The quantitative estimate of drug-likeness (QED) is 0.173. The Labute approximate surface area is 325 Å². The fraction of sp³-hybridized carbons (Fsp3) is 0. The van der Waals surface area contributed by atoms with E-state index >= 15 is 0 Å². The van der Waals surface area contributed by atoms with Crippen LogP contribution in [0, 0.1) is 0 Å². The van der Waals surface area contributed by atoms with Crippen LogP contribution in [-0.2, 0) is 0 Å². The van der Waals surface area contributed by atoms with Crippen LogP contribution in [0.25, 0.3) is 98.8 Å². The van der Waals surface area contributed by atoms with Crippen LogP contribution in [0.15, 0.2) is 186 Å². The molecule has 0 spiro atoms. The summed E-state index contributed by atoms with van der Waals surface area (Å²) in [7, 11) is 0. The monoisotopic (exact) mass is 651 g/mol. The Hall–Kier alpha value is -6.44. The molecule has 0 N–H and O–H groups in total. The lowest BCUT2D eigenvalue weighted by Gasteiger charge is -2.18. The van der Waals surface area contributed by atoms with Crippen LogP contribution < -0.4 is 0 Å². The van der Waals surface area contributed by atoms with Crippen molar-refractivity contribution >= 4 is 54.3 Å². The van der Waals surface area contributed by atoms with Gasteiger partial charge in [-0.05, 0) is 101 Å². The molecule has 0 aliphatic carbocycles. The molecule has 0 atom stereocenters. The highest BCUT2D eigenvalue weighted by Gasteiger charge is 2.18. The summed E-state index contributed by atoms with van der Waals surface area (Å²) in [6.45, 7) is 0. The first-order chi connectivity index (χ1) is 36.4. The topological polar surface area (TPSA) is 13.1 Å². The third kappa shape index (κ3) is 4.55. The molecular weight excluding hydrogens is 593 g/mol. The Morgan fingerprint density at radius 2 is 0.776 bits per heavy atom. The van der Waals surface area contributed by atoms with E-state index in [1.54, 1.807) is 0 Å². The minimum Gasteiger partial charge on any atom is -0.456 e. The van der Waals surface area contributed by atoms with Gasteiger partial charge in [0.05, 0.1) is 39.8 Å². The van der Waals surface area contributed by atoms with E-state index in [-0.39, 0.29) is 0 Å². The second-order valence-electron chi connectivity index (χ2n) is 10.6. The smallest absolute Gasteiger partial charge is 0.136 e. The minimum absolute atomic E-state index is 0.436. The summed E-state index contributed by atoms with van der Waals surface area (Å²) in [5.41, 5.74) is -7.00. The van der Waals surface area contributed by atoms with Gasteiger partial charge in [0.1, 0.15) is 11.2 Å². The van der Waals surface area contributed by atoms with Gasteiger partial charge < -0.3 is 4.42 Å². The molecule has 1 aromatic heterocycles. The Morgan fingerprint density at radius 3 is 1.45 bits per heavy atom. The zero-order chi connectivity index (χ0) is 57.5. The molecule has 1 nitrogen and oxygen atoms in total. The van der Waals surface area contributed by atoms with E-state index in [0.29, 0.717) is 0 Å². The number of hydrogen-bond donors (Lipinski definition) is 0. The van der Waals surface area contributed by atoms with Gasteiger partial charge in [-0.15, -0.1) is 0 Å². The average Bonchev–Trinajstić information content (AvgIpc) is 3.58. The third-order valence-corrected chi connectivity index (χ3v) is 7.84. The van der Waals surface area contributed by atoms with Gasteiger partial charge in [0, 0.05) is 10.8 Å². The summed E-state index contributed by atoms with van der Waals surface area (Å²) >= 11 is 0. The highest BCUT2D eigenvalue weighted by atomic mass is 16.3. The van der Waals surface area contributed by atoms with Gasteiger partial charge >= 0.3 is 0 Å². The van der Waals surface area contributed by atoms with E-state index in [2.05, 4.69) is 0 Å². The summed E-state index contributed by atoms with van der Waals surface area (Å²) in [4.78, 5) is 0. The van der Waals surface area contributed by atoms with E-state index in [0.717, 1.165) is 6.07 Å². The van der Waals surface area contributed by atoms with Gasteiger partial charge in [-0.1, -0.05) is 157 Å². The van der Waals surface area contributed by atoms with E-state index in [9.17, 15) is 15.1 Å². The second-order valence-corrected chi connectivity index (χ2v) is 10.6. The van der Waals surface area contributed by atoms with Crippen molar-refractivity contribution in [2.24, 2.45) is 0 Å². The lowest BCUT2D eigenvalue weighted by Crippen LogP contribution is -1.91. The zero-order valence-corrected chi connectivity index (χ0v) is 24.5. The normalized spacial score (nSPS) is 20.0. The van der Waals surface area contributed by atoms with Crippen LogP contribution >= 0.6 is 0 Å². The number of rotatable bonds is 4. The first kappa shape index (κ1) is 11.3. The number of hydrogen-bond acceptors (Lipinski definition) is 1. The fourth-order valence-electron chi connectivity index (χ4n) is 5.68. The molecule has 0 saturated heterocycles. The Bertz CT molecular complexity index is 4450. The van der Waals surface area contributed by atoms with Gasteiger partial charge in [-0.3, -0.25) is 0 Å². The van der Waals surface area contributed by atoms with E-state index in [1.807, 2.05) is 0 Å². The van der Waals surface area contributed by atoms with Crippen molar-refractivity contribution in [3.63, 3.8) is 0 Å². The first-order valence-corrected chi connectivity index (χ1v) is 14.5. The van der Waals surface area contributed by atoms with E-state index in [1.165, 1.54) is 0 Å². The molecule has 10 aromatic rings. The molecule has 0 amide bonds. The molecule has 228 valence electrons. The molecule has 49 heavy (non-hydrogen) atoms. The van der Waals surface area contributed by atoms with Crippen molar-refractivity contribution in [3.05, 3.63) is 181 Å². The van der Waals surface area contributed by atoms with Crippen molar-refractivity contribution in [3.8, 4) is 44.5 Å². The number of fused-ring (bicyclic) bond motifs is 6. The van der Waals surface area contributed by atoms with Crippen LogP contribution in [-0.4, -0.2) is 0 Å². The van der Waals surface area contributed by atoms with Crippen molar-refractivity contribution < 1.29 is 44.2 Å². The summed E-state index contributed by atoms with van der Waals surface area (Å²) in [6, 6.07) is -24.9. The Kier molecular flexibility index (Phi) is 2.56. The molecule has 0 aliphatic heterocycles. The van der Waals surface area contributed by atoms with Gasteiger partial charge in [0.15, 0.2) is 0 Å². The van der Waals surface area contributed by atoms with Crippen molar-refractivity contribution in [1.82, 2.24) is 0 Å². The average molecular weight is 652 g/mol. The highest BCUT2D eigenvalue weighted by molar-refractivity contribution is 6.22. The van der Waals surface area contributed by atoms with Crippen LogP contribution in [0.5, 0.6) is 0 Å². The molecule has 1 heteroatoms. The minimum atomic E-state index is -1.07. The van der Waals surface area contributed by atoms with E-state index < -0.39 is 274 Å². The maximum Gasteiger partial charge on any atom is 0.136 e. The Balaban J connectivity index is 1.37.